The van der Waals surface area contributed by atoms with Gasteiger partial charge in [0.05, 0.1) is 6.33 Å². The van der Waals surface area contributed by atoms with Gasteiger partial charge in [-0.15, -0.1) is 0 Å². The van der Waals surface area contributed by atoms with Gasteiger partial charge in [0.15, 0.2) is 0 Å². The Balaban J connectivity index is 1.68. The number of halogens is 1. The minimum atomic E-state index is 0.769. The van der Waals surface area contributed by atoms with E-state index < -0.39 is 0 Å². The molecule has 0 amide bonds. The third-order valence-electron chi connectivity index (χ3n) is 2.52. The van der Waals surface area contributed by atoms with Crippen LogP contribution in [-0.4, -0.2) is 26.1 Å². The Morgan fingerprint density at radius 2 is 2.22 bits per heavy atom. The van der Waals surface area contributed by atoms with E-state index in [0.29, 0.717) is 0 Å². The number of anilines is 1. The van der Waals surface area contributed by atoms with Gasteiger partial charge in [0.25, 0.3) is 0 Å². The van der Waals surface area contributed by atoms with Crippen molar-refractivity contribution in [3.05, 3.63) is 35.2 Å². The highest BCUT2D eigenvalue weighted by atomic mass is 79.9. The number of rotatable bonds is 6. The summed E-state index contributed by atoms with van der Waals surface area (Å²) >= 11 is 3.36. The van der Waals surface area contributed by atoms with E-state index in [1.165, 1.54) is 0 Å². The first kappa shape index (κ1) is 13.0. The van der Waals surface area contributed by atoms with E-state index in [9.17, 15) is 0 Å². The maximum Gasteiger partial charge on any atom is 0.130 e. The number of imidazole rings is 1. The van der Waals surface area contributed by atoms with E-state index >= 15 is 0 Å². The standard InChI is InChI=1S/C12H16BrN5/c1-10-16-11(13)8-12(17-10)15-4-2-3-6-18-7-5-14-9-18/h5,7-9H,2-4,6H2,1H3,(H,15,16,17). The second kappa shape index (κ2) is 6.49. The number of aromatic nitrogens is 4. The fraction of sp³-hybridized carbons (Fsp3) is 0.417. The number of nitrogens with one attached hydrogen (secondary N) is 1. The smallest absolute Gasteiger partial charge is 0.130 e. The van der Waals surface area contributed by atoms with Crippen molar-refractivity contribution in [3.63, 3.8) is 0 Å². The predicted molar refractivity (Wildman–Crippen MR) is 74.4 cm³/mol. The molecule has 2 aromatic heterocycles. The third-order valence-corrected chi connectivity index (χ3v) is 2.92. The summed E-state index contributed by atoms with van der Waals surface area (Å²) in [7, 11) is 0. The van der Waals surface area contributed by atoms with Crippen LogP contribution < -0.4 is 5.32 Å². The van der Waals surface area contributed by atoms with Crippen LogP contribution in [0.5, 0.6) is 0 Å². The topological polar surface area (TPSA) is 55.6 Å². The van der Waals surface area contributed by atoms with Crippen LogP contribution in [0.1, 0.15) is 18.7 Å². The van der Waals surface area contributed by atoms with Gasteiger partial charge in [-0.2, -0.15) is 0 Å². The Morgan fingerprint density at radius 1 is 1.33 bits per heavy atom. The molecule has 18 heavy (non-hydrogen) atoms. The van der Waals surface area contributed by atoms with Crippen molar-refractivity contribution >= 4 is 21.7 Å². The summed E-state index contributed by atoms with van der Waals surface area (Å²) in [5.74, 6) is 1.64. The molecule has 0 aromatic carbocycles. The van der Waals surface area contributed by atoms with E-state index in [2.05, 4.69) is 40.8 Å². The quantitative estimate of drug-likeness (QED) is 0.658. The van der Waals surface area contributed by atoms with Crippen molar-refractivity contribution in [2.24, 2.45) is 0 Å². The lowest BCUT2D eigenvalue weighted by Crippen LogP contribution is -2.06. The summed E-state index contributed by atoms with van der Waals surface area (Å²) in [6.45, 7) is 3.81. The predicted octanol–water partition coefficient (Wildman–Crippen LogP) is 2.64. The van der Waals surface area contributed by atoms with Crippen LogP contribution in [0, 0.1) is 6.92 Å². The zero-order valence-corrected chi connectivity index (χ0v) is 11.9. The molecule has 0 spiro atoms. The fourth-order valence-electron chi connectivity index (χ4n) is 1.68. The Morgan fingerprint density at radius 3 is 2.94 bits per heavy atom. The average Bonchev–Trinajstić information content (AvgIpc) is 2.80. The summed E-state index contributed by atoms with van der Waals surface area (Å²) in [6, 6.07) is 1.89. The molecule has 0 aliphatic heterocycles. The highest BCUT2D eigenvalue weighted by Gasteiger charge is 1.98. The van der Waals surface area contributed by atoms with Crippen molar-refractivity contribution in [2.75, 3.05) is 11.9 Å². The first-order valence-corrected chi connectivity index (χ1v) is 6.74. The van der Waals surface area contributed by atoms with Crippen molar-refractivity contribution in [2.45, 2.75) is 26.3 Å². The van der Waals surface area contributed by atoms with Gasteiger partial charge >= 0.3 is 0 Å². The maximum absolute atomic E-state index is 4.31. The van der Waals surface area contributed by atoms with E-state index in [1.807, 2.05) is 25.5 Å². The summed E-state index contributed by atoms with van der Waals surface area (Å²) < 4.78 is 2.90. The van der Waals surface area contributed by atoms with Crippen LogP contribution in [-0.2, 0) is 6.54 Å². The minimum Gasteiger partial charge on any atom is -0.370 e. The Bertz CT molecular complexity index is 463. The highest BCUT2D eigenvalue weighted by molar-refractivity contribution is 9.10. The van der Waals surface area contributed by atoms with Crippen LogP contribution in [0.25, 0.3) is 0 Å². The van der Waals surface area contributed by atoms with Gasteiger partial charge in [0.2, 0.25) is 0 Å². The second-order valence-electron chi connectivity index (χ2n) is 4.06. The molecule has 0 saturated heterocycles. The highest BCUT2D eigenvalue weighted by Crippen LogP contribution is 2.11. The van der Waals surface area contributed by atoms with Crippen molar-refractivity contribution < 1.29 is 0 Å². The zero-order chi connectivity index (χ0) is 12.8. The van der Waals surface area contributed by atoms with E-state index in [4.69, 9.17) is 0 Å². The van der Waals surface area contributed by atoms with E-state index in [-0.39, 0.29) is 0 Å². The molecule has 2 rings (SSSR count). The molecule has 2 aromatic rings. The molecule has 0 radical (unpaired) electrons. The molecule has 0 atom stereocenters. The lowest BCUT2D eigenvalue weighted by Gasteiger charge is -2.06. The second-order valence-corrected chi connectivity index (χ2v) is 4.87. The Kier molecular flexibility index (Phi) is 4.69. The number of aryl methyl sites for hydroxylation is 2. The summed E-state index contributed by atoms with van der Waals surface area (Å²) in [4.78, 5) is 12.5. The van der Waals surface area contributed by atoms with Crippen LogP contribution in [0.4, 0.5) is 5.82 Å². The lowest BCUT2D eigenvalue weighted by atomic mass is 10.3. The molecule has 2 heterocycles. The molecular weight excluding hydrogens is 294 g/mol. The molecule has 1 N–H and O–H groups in total. The van der Waals surface area contributed by atoms with Crippen LogP contribution in [0.2, 0.25) is 0 Å². The number of hydrogen-bond donors (Lipinski definition) is 1. The van der Waals surface area contributed by atoms with Crippen LogP contribution in [0.15, 0.2) is 29.4 Å². The first-order chi connectivity index (χ1) is 8.74. The molecular formula is C12H16BrN5. The summed E-state index contributed by atoms with van der Waals surface area (Å²) in [6.07, 6.45) is 7.85. The van der Waals surface area contributed by atoms with Gasteiger partial charge in [-0.1, -0.05) is 0 Å². The lowest BCUT2D eigenvalue weighted by molar-refractivity contribution is 0.620. The first-order valence-electron chi connectivity index (χ1n) is 5.95. The number of hydrogen-bond acceptors (Lipinski definition) is 4. The molecule has 0 unspecified atom stereocenters. The fourth-order valence-corrected chi connectivity index (χ4v) is 2.15. The van der Waals surface area contributed by atoms with Gasteiger partial charge in [0, 0.05) is 31.5 Å². The minimum absolute atomic E-state index is 0.769. The van der Waals surface area contributed by atoms with E-state index in [1.54, 1.807) is 6.20 Å². The van der Waals surface area contributed by atoms with Crippen molar-refractivity contribution in [1.29, 1.82) is 0 Å². The molecule has 0 bridgehead atoms. The maximum atomic E-state index is 4.31. The van der Waals surface area contributed by atoms with Gasteiger partial charge < -0.3 is 9.88 Å². The van der Waals surface area contributed by atoms with Gasteiger partial charge in [0.1, 0.15) is 16.2 Å². The molecule has 6 heteroatoms. The molecule has 0 aliphatic carbocycles. The Labute approximate surface area is 115 Å². The third kappa shape index (κ3) is 4.10. The number of unbranched alkanes of at least 4 members (excludes halogenated alkanes) is 1. The van der Waals surface area contributed by atoms with Crippen LogP contribution >= 0.6 is 15.9 Å². The van der Waals surface area contributed by atoms with Gasteiger partial charge in [-0.25, -0.2) is 15.0 Å². The summed E-state index contributed by atoms with van der Waals surface area (Å²) in [5.41, 5.74) is 0. The normalized spacial score (nSPS) is 10.6. The molecule has 0 fully saturated rings. The van der Waals surface area contributed by atoms with Crippen molar-refractivity contribution in [1.82, 2.24) is 19.5 Å². The van der Waals surface area contributed by atoms with E-state index in [0.717, 1.165) is 42.2 Å². The molecule has 0 aliphatic rings. The SMILES string of the molecule is Cc1nc(Br)cc(NCCCCn2ccnc2)n1. The molecule has 0 saturated carbocycles. The van der Waals surface area contributed by atoms with Crippen molar-refractivity contribution in [3.8, 4) is 0 Å². The molecule has 5 nitrogen and oxygen atoms in total. The summed E-state index contributed by atoms with van der Waals surface area (Å²) in [5, 5.41) is 3.30. The molecule has 96 valence electrons. The largest absolute Gasteiger partial charge is 0.370 e. The number of nitrogens with zero attached hydrogens (tertiary/aromatic N) is 4. The Hall–Kier alpha value is -1.43. The zero-order valence-electron chi connectivity index (χ0n) is 10.3. The van der Waals surface area contributed by atoms with Gasteiger partial charge in [-0.3, -0.25) is 0 Å². The van der Waals surface area contributed by atoms with Crippen LogP contribution in [0.3, 0.4) is 0 Å². The monoisotopic (exact) mass is 309 g/mol. The average molecular weight is 310 g/mol. The van der Waals surface area contributed by atoms with Gasteiger partial charge in [-0.05, 0) is 35.7 Å².